The Morgan fingerprint density at radius 1 is 1.33 bits per heavy atom. The van der Waals surface area contributed by atoms with Gasteiger partial charge in [-0.25, -0.2) is 0 Å². The topological polar surface area (TPSA) is 48.3 Å². The molecule has 4 heteroatoms. The predicted octanol–water partition coefficient (Wildman–Crippen LogP) is 2.88. The second-order valence-corrected chi connectivity index (χ2v) is 6.03. The van der Waals surface area contributed by atoms with Gasteiger partial charge in [-0.1, -0.05) is 6.07 Å². The highest BCUT2D eigenvalue weighted by Gasteiger charge is 2.33. The van der Waals surface area contributed by atoms with Gasteiger partial charge in [-0.3, -0.25) is 0 Å². The summed E-state index contributed by atoms with van der Waals surface area (Å²) in [7, 11) is 0. The molecule has 2 aliphatic rings. The van der Waals surface area contributed by atoms with Gasteiger partial charge in [0.15, 0.2) is 0 Å². The van der Waals surface area contributed by atoms with Gasteiger partial charge in [0.1, 0.15) is 5.75 Å². The Hall–Kier alpha value is -1.73. The van der Waals surface area contributed by atoms with Crippen molar-refractivity contribution in [1.82, 2.24) is 4.90 Å². The molecule has 0 spiro atoms. The highest BCUT2D eigenvalue weighted by atomic mass is 16.5. The molecule has 2 aliphatic heterocycles. The van der Waals surface area contributed by atoms with Crippen LogP contribution in [0.25, 0.3) is 0 Å². The van der Waals surface area contributed by atoms with Gasteiger partial charge in [-0.05, 0) is 43.9 Å². The van der Waals surface area contributed by atoms with E-state index < -0.39 is 0 Å². The van der Waals surface area contributed by atoms with Crippen molar-refractivity contribution in [2.24, 2.45) is 5.92 Å². The number of benzene rings is 1. The number of nitriles is 1. The fourth-order valence-corrected chi connectivity index (χ4v) is 3.37. The van der Waals surface area contributed by atoms with Crippen LogP contribution in [0.5, 0.6) is 5.75 Å². The minimum absolute atomic E-state index is 0.554. The van der Waals surface area contributed by atoms with Gasteiger partial charge in [0, 0.05) is 37.3 Å². The Morgan fingerprint density at radius 3 is 3.14 bits per heavy atom. The third-order valence-corrected chi connectivity index (χ3v) is 4.52. The van der Waals surface area contributed by atoms with Crippen LogP contribution in [0.1, 0.15) is 25.7 Å². The summed E-state index contributed by atoms with van der Waals surface area (Å²) in [6.07, 6.45) is 3.90. The van der Waals surface area contributed by atoms with Gasteiger partial charge in [-0.15, -0.1) is 0 Å². The van der Waals surface area contributed by atoms with E-state index in [2.05, 4.69) is 28.4 Å². The number of ether oxygens (including phenoxy) is 1. The number of unbranched alkanes of at least 4 members (excludes halogenated alkanes) is 1. The van der Waals surface area contributed by atoms with E-state index in [1.165, 1.54) is 32.5 Å². The summed E-state index contributed by atoms with van der Waals surface area (Å²) < 4.78 is 5.70. The molecular weight excluding hydrogens is 262 g/mol. The van der Waals surface area contributed by atoms with Crippen molar-refractivity contribution in [2.75, 3.05) is 31.6 Å². The van der Waals surface area contributed by atoms with Crippen LogP contribution < -0.4 is 10.1 Å². The van der Waals surface area contributed by atoms with Gasteiger partial charge in [0.2, 0.25) is 0 Å². The molecule has 21 heavy (non-hydrogen) atoms. The number of hydrogen-bond donors (Lipinski definition) is 1. The number of rotatable bonds is 6. The zero-order valence-electron chi connectivity index (χ0n) is 12.4. The molecule has 0 aliphatic carbocycles. The summed E-state index contributed by atoms with van der Waals surface area (Å²) in [5, 5.41) is 12.2. The Morgan fingerprint density at radius 2 is 2.24 bits per heavy atom. The molecule has 2 saturated heterocycles. The van der Waals surface area contributed by atoms with E-state index in [0.717, 1.165) is 23.8 Å². The molecule has 3 rings (SSSR count). The summed E-state index contributed by atoms with van der Waals surface area (Å²) in [5.74, 6) is 1.68. The predicted molar refractivity (Wildman–Crippen MR) is 83.4 cm³/mol. The minimum atomic E-state index is 0.554. The molecule has 4 nitrogen and oxygen atoms in total. The highest BCUT2D eigenvalue weighted by molar-refractivity contribution is 5.49. The van der Waals surface area contributed by atoms with Crippen molar-refractivity contribution in [3.05, 3.63) is 24.3 Å². The summed E-state index contributed by atoms with van der Waals surface area (Å²) >= 11 is 0. The fraction of sp³-hybridized carbons (Fsp3) is 0.588. The molecule has 2 heterocycles. The summed E-state index contributed by atoms with van der Waals surface area (Å²) in [4.78, 5) is 2.57. The minimum Gasteiger partial charge on any atom is -0.493 e. The lowest BCUT2D eigenvalue weighted by molar-refractivity contribution is 0.255. The van der Waals surface area contributed by atoms with Crippen LogP contribution in [-0.2, 0) is 0 Å². The monoisotopic (exact) mass is 285 g/mol. The highest BCUT2D eigenvalue weighted by Crippen LogP contribution is 2.30. The van der Waals surface area contributed by atoms with Crippen LogP contribution in [0.3, 0.4) is 0 Å². The van der Waals surface area contributed by atoms with Gasteiger partial charge >= 0.3 is 0 Å². The van der Waals surface area contributed by atoms with Crippen LogP contribution in [0.2, 0.25) is 0 Å². The van der Waals surface area contributed by atoms with Crippen LogP contribution in [0.15, 0.2) is 24.3 Å². The zero-order valence-corrected chi connectivity index (χ0v) is 12.4. The van der Waals surface area contributed by atoms with Gasteiger partial charge in [-0.2, -0.15) is 5.26 Å². The Bertz CT molecular complexity index is 511. The molecule has 3 atom stereocenters. The van der Waals surface area contributed by atoms with E-state index in [1.54, 1.807) is 0 Å². The zero-order chi connectivity index (χ0) is 14.5. The van der Waals surface area contributed by atoms with Crippen molar-refractivity contribution < 1.29 is 4.74 Å². The standard InChI is InChI=1S/C17H23N3O/c18-8-1-2-11-21-16-5-3-4-15(12-16)19-17-7-10-20-9-6-14(17)13-20/h3-5,12,14,17,19H,1-2,6-7,9-11,13H2. The van der Waals surface area contributed by atoms with E-state index in [-0.39, 0.29) is 0 Å². The van der Waals surface area contributed by atoms with Crippen molar-refractivity contribution in [2.45, 2.75) is 31.7 Å². The Balaban J connectivity index is 1.54. The third kappa shape index (κ3) is 3.68. The molecule has 112 valence electrons. The fourth-order valence-electron chi connectivity index (χ4n) is 3.37. The van der Waals surface area contributed by atoms with Crippen LogP contribution in [0, 0.1) is 17.2 Å². The van der Waals surface area contributed by atoms with Crippen molar-refractivity contribution in [1.29, 1.82) is 5.26 Å². The first-order valence-corrected chi connectivity index (χ1v) is 7.94. The van der Waals surface area contributed by atoms with E-state index >= 15 is 0 Å². The van der Waals surface area contributed by atoms with Crippen molar-refractivity contribution >= 4 is 5.69 Å². The number of anilines is 1. The Labute approximate surface area is 126 Å². The molecule has 0 amide bonds. The molecule has 0 saturated carbocycles. The molecule has 1 aromatic carbocycles. The maximum absolute atomic E-state index is 8.52. The van der Waals surface area contributed by atoms with E-state index in [4.69, 9.17) is 10.00 Å². The van der Waals surface area contributed by atoms with Crippen LogP contribution >= 0.6 is 0 Å². The SMILES string of the molecule is N#CCCCOc1cccc(NC2CCN3CCC2C3)c1. The van der Waals surface area contributed by atoms with Gasteiger partial charge < -0.3 is 15.0 Å². The molecule has 0 radical (unpaired) electrons. The average molecular weight is 285 g/mol. The molecule has 0 aromatic heterocycles. The number of hydrogen-bond acceptors (Lipinski definition) is 4. The van der Waals surface area contributed by atoms with Gasteiger partial charge in [0.05, 0.1) is 12.7 Å². The number of piperidine rings is 1. The second-order valence-electron chi connectivity index (χ2n) is 6.03. The summed E-state index contributed by atoms with van der Waals surface area (Å²) in [5.41, 5.74) is 1.15. The first-order valence-electron chi connectivity index (χ1n) is 7.94. The molecule has 2 bridgehead atoms. The van der Waals surface area contributed by atoms with Crippen LogP contribution in [0.4, 0.5) is 5.69 Å². The molecule has 1 aromatic rings. The lowest BCUT2D eigenvalue weighted by atomic mass is 9.94. The maximum Gasteiger partial charge on any atom is 0.121 e. The first kappa shape index (κ1) is 14.2. The number of nitrogens with one attached hydrogen (secondary N) is 1. The van der Waals surface area contributed by atoms with Crippen molar-refractivity contribution in [3.8, 4) is 11.8 Å². The molecule has 2 fully saturated rings. The normalized spacial score (nSPS) is 27.1. The average Bonchev–Trinajstić information content (AvgIpc) is 2.90. The largest absolute Gasteiger partial charge is 0.493 e. The van der Waals surface area contributed by atoms with Crippen molar-refractivity contribution in [3.63, 3.8) is 0 Å². The van der Waals surface area contributed by atoms with E-state index in [9.17, 15) is 0 Å². The molecule has 1 N–H and O–H groups in total. The number of fused-ring (bicyclic) bond motifs is 2. The third-order valence-electron chi connectivity index (χ3n) is 4.52. The Kier molecular flexibility index (Phi) is 4.62. The lowest BCUT2D eigenvalue weighted by Gasteiger charge is -2.31. The number of nitrogens with zero attached hydrogens (tertiary/aromatic N) is 2. The van der Waals surface area contributed by atoms with Gasteiger partial charge in [0.25, 0.3) is 0 Å². The molecular formula is C17H23N3O. The van der Waals surface area contributed by atoms with Crippen LogP contribution in [-0.4, -0.2) is 37.2 Å². The van der Waals surface area contributed by atoms with E-state index in [0.29, 0.717) is 19.1 Å². The van der Waals surface area contributed by atoms with E-state index in [1.807, 2.05) is 12.1 Å². The molecule has 3 unspecified atom stereocenters. The lowest BCUT2D eigenvalue weighted by Crippen LogP contribution is -2.39. The maximum atomic E-state index is 8.52. The second kappa shape index (κ2) is 6.82. The summed E-state index contributed by atoms with van der Waals surface area (Å²) in [6.45, 7) is 4.35. The quantitative estimate of drug-likeness (QED) is 0.817. The summed E-state index contributed by atoms with van der Waals surface area (Å²) in [6, 6.07) is 10.9. The smallest absolute Gasteiger partial charge is 0.121 e. The first-order chi connectivity index (χ1) is 10.3.